The van der Waals surface area contributed by atoms with E-state index in [0.717, 1.165) is 25.7 Å². The standard InChI is InChI=1S/C14H22N2O3/c15-12-5-7-13(8-6-12)19-11-14(18)16-9-3-1-2-4-10-17/h5-8,17H,1-4,9-11,15H2,(H,16,18). The van der Waals surface area contributed by atoms with Crippen LogP contribution in [0.15, 0.2) is 24.3 Å². The molecule has 4 N–H and O–H groups in total. The molecule has 0 saturated carbocycles. The summed E-state index contributed by atoms with van der Waals surface area (Å²) < 4.78 is 5.32. The predicted molar refractivity (Wildman–Crippen MR) is 74.9 cm³/mol. The van der Waals surface area contributed by atoms with Crippen molar-refractivity contribution in [2.45, 2.75) is 25.7 Å². The number of unbranched alkanes of at least 4 members (excludes halogenated alkanes) is 3. The minimum atomic E-state index is -0.126. The number of rotatable bonds is 9. The van der Waals surface area contributed by atoms with E-state index in [4.69, 9.17) is 15.6 Å². The zero-order valence-electron chi connectivity index (χ0n) is 11.1. The number of ether oxygens (including phenoxy) is 1. The van der Waals surface area contributed by atoms with Crippen LogP contribution in [0.4, 0.5) is 5.69 Å². The van der Waals surface area contributed by atoms with Gasteiger partial charge in [-0.2, -0.15) is 0 Å². The minimum Gasteiger partial charge on any atom is -0.484 e. The van der Waals surface area contributed by atoms with Crippen molar-refractivity contribution >= 4 is 11.6 Å². The van der Waals surface area contributed by atoms with Crippen LogP contribution in [0, 0.1) is 0 Å². The lowest BCUT2D eigenvalue weighted by Gasteiger charge is -2.07. The molecule has 0 atom stereocenters. The van der Waals surface area contributed by atoms with Gasteiger partial charge >= 0.3 is 0 Å². The Morgan fingerprint density at radius 1 is 1.16 bits per heavy atom. The molecule has 19 heavy (non-hydrogen) atoms. The predicted octanol–water partition coefficient (Wildman–Crippen LogP) is 1.32. The van der Waals surface area contributed by atoms with Crippen molar-refractivity contribution < 1.29 is 14.6 Å². The molecule has 1 amide bonds. The van der Waals surface area contributed by atoms with Crippen LogP contribution in [0.3, 0.4) is 0 Å². The van der Waals surface area contributed by atoms with Crippen LogP contribution in [-0.4, -0.2) is 30.8 Å². The number of aliphatic hydroxyl groups excluding tert-OH is 1. The van der Waals surface area contributed by atoms with Crippen LogP contribution >= 0.6 is 0 Å². The van der Waals surface area contributed by atoms with Gasteiger partial charge in [-0.25, -0.2) is 0 Å². The van der Waals surface area contributed by atoms with Crippen LogP contribution in [0.1, 0.15) is 25.7 Å². The molecule has 5 nitrogen and oxygen atoms in total. The number of carbonyl (C=O) groups is 1. The number of anilines is 1. The van der Waals surface area contributed by atoms with Crippen molar-refractivity contribution in [2.24, 2.45) is 0 Å². The molecule has 106 valence electrons. The lowest BCUT2D eigenvalue weighted by Crippen LogP contribution is -2.29. The molecule has 0 fully saturated rings. The number of amides is 1. The van der Waals surface area contributed by atoms with Gasteiger partial charge in [0.05, 0.1) is 0 Å². The average Bonchev–Trinajstić information content (AvgIpc) is 2.42. The Balaban J connectivity index is 2.06. The number of hydrogen-bond donors (Lipinski definition) is 3. The number of benzene rings is 1. The normalized spacial score (nSPS) is 10.2. The molecule has 0 radical (unpaired) electrons. The molecule has 0 unspecified atom stereocenters. The van der Waals surface area contributed by atoms with E-state index in [1.807, 2.05) is 0 Å². The Morgan fingerprint density at radius 2 is 1.84 bits per heavy atom. The van der Waals surface area contributed by atoms with Crippen molar-refractivity contribution in [3.05, 3.63) is 24.3 Å². The molecule has 5 heteroatoms. The van der Waals surface area contributed by atoms with Gasteiger partial charge in [-0.1, -0.05) is 12.8 Å². The smallest absolute Gasteiger partial charge is 0.257 e. The molecule has 0 aliphatic heterocycles. The highest BCUT2D eigenvalue weighted by molar-refractivity contribution is 5.77. The van der Waals surface area contributed by atoms with Gasteiger partial charge in [0.15, 0.2) is 6.61 Å². The molecule has 0 aliphatic rings. The van der Waals surface area contributed by atoms with Gasteiger partial charge < -0.3 is 20.9 Å². The summed E-state index contributed by atoms with van der Waals surface area (Å²) >= 11 is 0. The molecule has 0 saturated heterocycles. The second-order valence-corrected chi connectivity index (χ2v) is 4.35. The molecule has 0 heterocycles. The van der Waals surface area contributed by atoms with Crippen molar-refractivity contribution in [2.75, 3.05) is 25.5 Å². The molecular weight excluding hydrogens is 244 g/mol. The second kappa shape index (κ2) is 9.22. The highest BCUT2D eigenvalue weighted by Gasteiger charge is 2.01. The van der Waals surface area contributed by atoms with Crippen molar-refractivity contribution in [1.29, 1.82) is 0 Å². The van der Waals surface area contributed by atoms with E-state index >= 15 is 0 Å². The quantitative estimate of drug-likeness (QED) is 0.465. The van der Waals surface area contributed by atoms with E-state index in [1.165, 1.54) is 0 Å². The Morgan fingerprint density at radius 3 is 2.53 bits per heavy atom. The fourth-order valence-electron chi connectivity index (χ4n) is 1.58. The summed E-state index contributed by atoms with van der Waals surface area (Å²) in [7, 11) is 0. The summed E-state index contributed by atoms with van der Waals surface area (Å²) in [5.74, 6) is 0.506. The molecule has 1 aromatic carbocycles. The topological polar surface area (TPSA) is 84.6 Å². The van der Waals surface area contributed by atoms with Gasteiger partial charge in [-0.3, -0.25) is 4.79 Å². The maximum Gasteiger partial charge on any atom is 0.257 e. The van der Waals surface area contributed by atoms with Crippen LogP contribution < -0.4 is 15.8 Å². The first kappa shape index (κ1) is 15.3. The minimum absolute atomic E-state index is 0.0144. The fourth-order valence-corrected chi connectivity index (χ4v) is 1.58. The van der Waals surface area contributed by atoms with E-state index in [9.17, 15) is 4.79 Å². The Labute approximate surface area is 113 Å². The van der Waals surface area contributed by atoms with Gasteiger partial charge in [0.2, 0.25) is 0 Å². The van der Waals surface area contributed by atoms with E-state index in [-0.39, 0.29) is 19.1 Å². The van der Waals surface area contributed by atoms with Gasteiger partial charge in [0.1, 0.15) is 5.75 Å². The zero-order chi connectivity index (χ0) is 13.9. The average molecular weight is 266 g/mol. The van der Waals surface area contributed by atoms with Gasteiger partial charge in [0, 0.05) is 18.8 Å². The zero-order valence-corrected chi connectivity index (χ0v) is 11.1. The van der Waals surface area contributed by atoms with Crippen LogP contribution in [0.25, 0.3) is 0 Å². The first-order chi connectivity index (χ1) is 9.22. The van der Waals surface area contributed by atoms with Gasteiger partial charge in [-0.05, 0) is 37.1 Å². The highest BCUT2D eigenvalue weighted by atomic mass is 16.5. The number of nitrogens with two attached hydrogens (primary N) is 1. The van der Waals surface area contributed by atoms with Crippen LogP contribution in [0.2, 0.25) is 0 Å². The van der Waals surface area contributed by atoms with Crippen molar-refractivity contribution in [3.63, 3.8) is 0 Å². The SMILES string of the molecule is Nc1ccc(OCC(=O)NCCCCCCO)cc1. The van der Waals surface area contributed by atoms with Crippen LogP contribution in [-0.2, 0) is 4.79 Å². The summed E-state index contributed by atoms with van der Waals surface area (Å²) in [6.07, 6.45) is 3.76. The highest BCUT2D eigenvalue weighted by Crippen LogP contribution is 2.12. The summed E-state index contributed by atoms with van der Waals surface area (Å²) in [5, 5.41) is 11.4. The van der Waals surface area contributed by atoms with E-state index in [2.05, 4.69) is 5.32 Å². The van der Waals surface area contributed by atoms with Gasteiger partial charge in [-0.15, -0.1) is 0 Å². The van der Waals surface area contributed by atoms with E-state index in [1.54, 1.807) is 24.3 Å². The Kier molecular flexibility index (Phi) is 7.43. The third kappa shape index (κ3) is 7.31. The van der Waals surface area contributed by atoms with Gasteiger partial charge in [0.25, 0.3) is 5.91 Å². The molecule has 0 bridgehead atoms. The van der Waals surface area contributed by atoms with Crippen molar-refractivity contribution in [3.8, 4) is 5.75 Å². The van der Waals surface area contributed by atoms with E-state index in [0.29, 0.717) is 18.0 Å². The maximum atomic E-state index is 11.5. The summed E-state index contributed by atoms with van der Waals surface area (Å²) in [4.78, 5) is 11.5. The van der Waals surface area contributed by atoms with E-state index < -0.39 is 0 Å². The fraction of sp³-hybridized carbons (Fsp3) is 0.500. The maximum absolute atomic E-state index is 11.5. The molecule has 0 spiro atoms. The monoisotopic (exact) mass is 266 g/mol. The summed E-state index contributed by atoms with van der Waals surface area (Å²) in [6.45, 7) is 0.901. The lowest BCUT2D eigenvalue weighted by atomic mass is 10.2. The first-order valence-corrected chi connectivity index (χ1v) is 6.58. The molecule has 0 aromatic heterocycles. The largest absolute Gasteiger partial charge is 0.484 e. The summed E-state index contributed by atoms with van der Waals surface area (Å²) in [6, 6.07) is 6.93. The molecular formula is C14H22N2O3. The number of aliphatic hydroxyl groups is 1. The molecule has 0 aliphatic carbocycles. The second-order valence-electron chi connectivity index (χ2n) is 4.35. The summed E-state index contributed by atoms with van der Waals surface area (Å²) in [5.41, 5.74) is 6.21. The molecule has 1 rings (SSSR count). The number of nitrogen functional groups attached to an aromatic ring is 1. The van der Waals surface area contributed by atoms with Crippen molar-refractivity contribution in [1.82, 2.24) is 5.32 Å². The lowest BCUT2D eigenvalue weighted by molar-refractivity contribution is -0.123. The number of carbonyl (C=O) groups excluding carboxylic acids is 1. The molecule has 1 aromatic rings. The Bertz CT molecular complexity index is 365. The van der Waals surface area contributed by atoms with Crippen LogP contribution in [0.5, 0.6) is 5.75 Å². The first-order valence-electron chi connectivity index (χ1n) is 6.58. The third-order valence-corrected chi connectivity index (χ3v) is 2.66. The Hall–Kier alpha value is -1.75. The third-order valence-electron chi connectivity index (χ3n) is 2.66. The number of nitrogens with one attached hydrogen (secondary N) is 1. The number of hydrogen-bond acceptors (Lipinski definition) is 4.